The largest absolute Gasteiger partial charge is 0.396 e. The Hall–Kier alpha value is -0.0800. The van der Waals surface area contributed by atoms with Crippen molar-refractivity contribution in [1.82, 2.24) is 4.90 Å². The summed E-state index contributed by atoms with van der Waals surface area (Å²) in [5, 5.41) is 9.64. The molecule has 0 spiro atoms. The van der Waals surface area contributed by atoms with E-state index in [4.69, 9.17) is 0 Å². The summed E-state index contributed by atoms with van der Waals surface area (Å²) in [4.78, 5) is 2.62. The average molecular weight is 225 g/mol. The van der Waals surface area contributed by atoms with Crippen LogP contribution in [-0.2, 0) is 0 Å². The highest BCUT2D eigenvalue weighted by atomic mass is 16.3. The van der Waals surface area contributed by atoms with Gasteiger partial charge in [0.2, 0.25) is 0 Å². The highest BCUT2D eigenvalue weighted by Crippen LogP contribution is 2.38. The zero-order chi connectivity index (χ0) is 11.4. The first-order chi connectivity index (χ1) is 7.74. The molecule has 0 aromatic heterocycles. The number of hydrogen-bond donors (Lipinski definition) is 1. The lowest BCUT2D eigenvalue weighted by atomic mass is 9.86. The fourth-order valence-corrected chi connectivity index (χ4v) is 3.45. The number of rotatable bonds is 3. The Morgan fingerprint density at radius 1 is 1.12 bits per heavy atom. The molecule has 1 saturated carbocycles. The molecule has 1 aliphatic heterocycles. The number of nitrogens with zero attached hydrogens (tertiary/aromatic N) is 1. The summed E-state index contributed by atoms with van der Waals surface area (Å²) < 4.78 is 0. The molecule has 2 rings (SSSR count). The van der Waals surface area contributed by atoms with E-state index in [-0.39, 0.29) is 5.41 Å². The zero-order valence-corrected chi connectivity index (χ0v) is 10.7. The van der Waals surface area contributed by atoms with Gasteiger partial charge in [-0.1, -0.05) is 19.8 Å². The molecule has 1 N–H and O–H groups in total. The van der Waals surface area contributed by atoms with Gasteiger partial charge in [0.1, 0.15) is 0 Å². The first-order valence-electron chi connectivity index (χ1n) is 7.07. The third kappa shape index (κ3) is 2.98. The molecule has 2 aliphatic rings. The van der Waals surface area contributed by atoms with E-state index in [1.807, 2.05) is 0 Å². The van der Waals surface area contributed by atoms with Crippen molar-refractivity contribution in [2.24, 2.45) is 11.3 Å². The number of aliphatic hydroxyl groups is 1. The van der Waals surface area contributed by atoms with Gasteiger partial charge < -0.3 is 10.0 Å². The standard InChI is InChI=1S/C14H27NO/c1-13-5-4-9-15(10-6-13)11-14(12-16)7-2-3-8-14/h13,16H,2-12H2,1H3. The van der Waals surface area contributed by atoms with Crippen LogP contribution in [0.4, 0.5) is 0 Å². The fourth-order valence-electron chi connectivity index (χ4n) is 3.45. The second-order valence-electron chi connectivity index (χ2n) is 6.18. The van der Waals surface area contributed by atoms with Crippen molar-refractivity contribution >= 4 is 0 Å². The summed E-state index contributed by atoms with van der Waals surface area (Å²) >= 11 is 0. The second-order valence-corrected chi connectivity index (χ2v) is 6.18. The maximum absolute atomic E-state index is 9.64. The SMILES string of the molecule is CC1CCCN(CC2(CO)CCCC2)CC1. The Bertz CT molecular complexity index is 211. The van der Waals surface area contributed by atoms with Gasteiger partial charge in [0.05, 0.1) is 0 Å². The van der Waals surface area contributed by atoms with Crippen LogP contribution in [0.2, 0.25) is 0 Å². The van der Waals surface area contributed by atoms with Crippen molar-refractivity contribution in [3.8, 4) is 0 Å². The van der Waals surface area contributed by atoms with Crippen LogP contribution in [0, 0.1) is 11.3 Å². The van der Waals surface area contributed by atoms with Gasteiger partial charge in [-0.3, -0.25) is 0 Å². The minimum absolute atomic E-state index is 0.258. The van der Waals surface area contributed by atoms with E-state index in [1.54, 1.807) is 0 Å². The molecule has 2 heteroatoms. The summed E-state index contributed by atoms with van der Waals surface area (Å²) in [5.74, 6) is 0.902. The van der Waals surface area contributed by atoms with Gasteiger partial charge in [-0.2, -0.15) is 0 Å². The number of hydrogen-bond acceptors (Lipinski definition) is 2. The average Bonchev–Trinajstić information content (AvgIpc) is 2.66. The maximum atomic E-state index is 9.64. The molecule has 1 atom stereocenters. The van der Waals surface area contributed by atoms with Gasteiger partial charge in [0.15, 0.2) is 0 Å². The smallest absolute Gasteiger partial charge is 0.0499 e. The van der Waals surface area contributed by atoms with Crippen LogP contribution in [0.5, 0.6) is 0 Å². The van der Waals surface area contributed by atoms with Crippen LogP contribution in [0.1, 0.15) is 51.9 Å². The van der Waals surface area contributed by atoms with E-state index in [0.717, 1.165) is 12.5 Å². The number of aliphatic hydroxyl groups excluding tert-OH is 1. The molecular formula is C14H27NO. The van der Waals surface area contributed by atoms with Crippen molar-refractivity contribution < 1.29 is 5.11 Å². The van der Waals surface area contributed by atoms with Gasteiger partial charge in [0.25, 0.3) is 0 Å². The van der Waals surface area contributed by atoms with E-state index in [1.165, 1.54) is 58.0 Å². The Kier molecular flexibility index (Phi) is 4.26. The topological polar surface area (TPSA) is 23.5 Å². The van der Waals surface area contributed by atoms with E-state index >= 15 is 0 Å². The van der Waals surface area contributed by atoms with Crippen LogP contribution < -0.4 is 0 Å². The van der Waals surface area contributed by atoms with Crippen molar-refractivity contribution in [3.05, 3.63) is 0 Å². The quantitative estimate of drug-likeness (QED) is 0.798. The van der Waals surface area contributed by atoms with E-state index in [2.05, 4.69) is 11.8 Å². The molecule has 1 heterocycles. The first kappa shape index (κ1) is 12.4. The summed E-state index contributed by atoms with van der Waals surface area (Å²) in [7, 11) is 0. The molecule has 1 unspecified atom stereocenters. The van der Waals surface area contributed by atoms with Crippen molar-refractivity contribution in [2.45, 2.75) is 51.9 Å². The molecule has 2 nitrogen and oxygen atoms in total. The Morgan fingerprint density at radius 2 is 1.88 bits per heavy atom. The molecule has 1 aliphatic carbocycles. The van der Waals surface area contributed by atoms with Crippen LogP contribution >= 0.6 is 0 Å². The van der Waals surface area contributed by atoms with Gasteiger partial charge in [-0.15, -0.1) is 0 Å². The van der Waals surface area contributed by atoms with Gasteiger partial charge in [0, 0.05) is 18.6 Å². The van der Waals surface area contributed by atoms with Gasteiger partial charge in [-0.25, -0.2) is 0 Å². The predicted molar refractivity (Wildman–Crippen MR) is 67.4 cm³/mol. The van der Waals surface area contributed by atoms with E-state index in [9.17, 15) is 5.11 Å². The maximum Gasteiger partial charge on any atom is 0.0499 e. The fraction of sp³-hybridized carbons (Fsp3) is 1.00. The van der Waals surface area contributed by atoms with E-state index < -0.39 is 0 Å². The van der Waals surface area contributed by atoms with Crippen LogP contribution in [-0.4, -0.2) is 36.2 Å². The molecule has 2 fully saturated rings. The van der Waals surface area contributed by atoms with Crippen molar-refractivity contribution in [1.29, 1.82) is 0 Å². The normalized spacial score (nSPS) is 31.5. The first-order valence-corrected chi connectivity index (χ1v) is 7.07. The molecule has 0 amide bonds. The molecule has 16 heavy (non-hydrogen) atoms. The molecule has 1 saturated heterocycles. The Morgan fingerprint density at radius 3 is 2.56 bits per heavy atom. The Balaban J connectivity index is 1.87. The molecule has 0 aromatic carbocycles. The van der Waals surface area contributed by atoms with Crippen LogP contribution in [0.25, 0.3) is 0 Å². The monoisotopic (exact) mass is 225 g/mol. The number of likely N-dealkylation sites (tertiary alicyclic amines) is 1. The Labute approximate surface area is 100 Å². The predicted octanol–water partition coefficient (Wildman–Crippen LogP) is 2.66. The van der Waals surface area contributed by atoms with E-state index in [0.29, 0.717) is 6.61 Å². The summed E-state index contributed by atoms with van der Waals surface area (Å²) in [6.07, 6.45) is 9.23. The van der Waals surface area contributed by atoms with Gasteiger partial charge in [-0.05, 0) is 51.1 Å². The third-order valence-corrected chi connectivity index (χ3v) is 4.67. The summed E-state index contributed by atoms with van der Waals surface area (Å²) in [6, 6.07) is 0. The summed E-state index contributed by atoms with van der Waals surface area (Å²) in [6.45, 7) is 6.44. The lowest BCUT2D eigenvalue weighted by Gasteiger charge is -2.33. The minimum atomic E-state index is 0.258. The second kappa shape index (κ2) is 5.50. The summed E-state index contributed by atoms with van der Waals surface area (Å²) in [5.41, 5.74) is 0.258. The zero-order valence-electron chi connectivity index (χ0n) is 10.7. The van der Waals surface area contributed by atoms with Crippen LogP contribution in [0.15, 0.2) is 0 Å². The molecule has 0 radical (unpaired) electrons. The molecule has 0 aromatic rings. The van der Waals surface area contributed by atoms with Crippen molar-refractivity contribution in [3.63, 3.8) is 0 Å². The highest BCUT2D eigenvalue weighted by molar-refractivity contribution is 4.87. The molecule has 94 valence electrons. The molecule has 0 bridgehead atoms. The lowest BCUT2D eigenvalue weighted by molar-refractivity contribution is 0.0794. The third-order valence-electron chi connectivity index (χ3n) is 4.67. The van der Waals surface area contributed by atoms with Crippen LogP contribution in [0.3, 0.4) is 0 Å². The minimum Gasteiger partial charge on any atom is -0.396 e. The van der Waals surface area contributed by atoms with Gasteiger partial charge >= 0.3 is 0 Å². The highest BCUT2D eigenvalue weighted by Gasteiger charge is 2.35. The lowest BCUT2D eigenvalue weighted by Crippen LogP contribution is -2.39. The molecular weight excluding hydrogens is 198 g/mol. The van der Waals surface area contributed by atoms with Crippen molar-refractivity contribution in [2.75, 3.05) is 26.2 Å².